The number of phosphoric acid groups is 1. The second kappa shape index (κ2) is 39.0. The van der Waals surface area contributed by atoms with Crippen LogP contribution in [0.2, 0.25) is 0 Å². The number of aliphatic hydroxyl groups excluding tert-OH is 1. The quantitative estimate of drug-likeness (QED) is 0.0400. The Bertz CT molecular complexity index is 3780. The first-order valence-corrected chi connectivity index (χ1v) is 39.8. The number of aliphatic hydroxyl groups is 1. The van der Waals surface area contributed by atoms with E-state index in [1.807, 2.05) is 298 Å². The summed E-state index contributed by atoms with van der Waals surface area (Å²) in [5.74, 6) is 0. The Kier molecular flexibility index (Phi) is 31.2. The van der Waals surface area contributed by atoms with Crippen molar-refractivity contribution in [3.63, 3.8) is 0 Å². The van der Waals surface area contributed by atoms with Gasteiger partial charge in [-0.25, -0.2) is 9.13 Å². The van der Waals surface area contributed by atoms with Gasteiger partial charge in [-0.15, -0.1) is 0 Å². The number of thioether (sulfide) groups is 2. The third kappa shape index (κ3) is 26.3. The largest absolute Gasteiger partial charge is 1.00 e. The van der Waals surface area contributed by atoms with E-state index in [2.05, 4.69) is 0 Å². The molecule has 4 saturated heterocycles. The van der Waals surface area contributed by atoms with Gasteiger partial charge in [0, 0.05) is 33.9 Å². The Morgan fingerprint density at radius 1 is 0.392 bits per heavy atom. The standard InChI is InChI=1S/C40H47O8PS.C33H34O5S.C7H14ClO3P.Na.H/c1-39(2)29-40(3,4)48-49(41,47-39)46-37-36(44-27-32-21-13-7-14-22-32)35(43-26-31-19-11-6-12-20-31)34(28-42-25-30-17-9-5-10-18-30)45-38(37)50-33-23-15-8-16-24-33;34-30-32(37-23-27-17-9-3-10-18-27)31(36-22-26-15-7-2-8-16-26)29(24-35-21-25-13-5-1-6-14-25)38-33(30)39-28-19-11-4-12-20-28;1-6(2)5-7(3,4)11-12(8,9)10-6;;/h5-24,34-38H,25-29H2,1-4H3;1-20,29-34H,21-24H2;5H2,1-4H3;;/q;;;+1;-1. The minimum Gasteiger partial charge on any atom is -1.00 e. The molecule has 102 heavy (non-hydrogen) atoms. The van der Waals surface area contributed by atoms with Crippen molar-refractivity contribution < 1.29 is 106 Å². The molecule has 10 unspecified atom stereocenters. The predicted molar refractivity (Wildman–Crippen MR) is 397 cm³/mol. The van der Waals surface area contributed by atoms with Crippen molar-refractivity contribution in [1.82, 2.24) is 0 Å². The van der Waals surface area contributed by atoms with Gasteiger partial charge in [-0.1, -0.05) is 242 Å². The third-order valence-corrected chi connectivity index (χ3v) is 22.6. The van der Waals surface area contributed by atoms with Crippen LogP contribution in [0, 0.1) is 0 Å². The summed E-state index contributed by atoms with van der Waals surface area (Å²) in [6.07, 6.45) is -4.22. The molecule has 0 aromatic heterocycles. The molecule has 0 spiro atoms. The number of ether oxygens (including phenoxy) is 8. The number of hydrogen-bond acceptors (Lipinski definition) is 18. The molecule has 0 aliphatic carbocycles. The van der Waals surface area contributed by atoms with Crippen LogP contribution in [0.3, 0.4) is 0 Å². The molecule has 0 radical (unpaired) electrons. The summed E-state index contributed by atoms with van der Waals surface area (Å²) < 4.78 is 107. The van der Waals surface area contributed by atoms with Crippen molar-refractivity contribution in [3.8, 4) is 0 Å². The van der Waals surface area contributed by atoms with E-state index in [0.29, 0.717) is 52.5 Å². The molecule has 8 aromatic rings. The van der Waals surface area contributed by atoms with Crippen LogP contribution in [0.1, 0.15) is 103 Å². The minimum atomic E-state index is -4.14. The summed E-state index contributed by atoms with van der Waals surface area (Å²) in [4.78, 5) is 1.96. The summed E-state index contributed by atoms with van der Waals surface area (Å²) in [6, 6.07) is 79.8. The summed E-state index contributed by atoms with van der Waals surface area (Å²) in [5, 5.41) is 11.6. The van der Waals surface area contributed by atoms with Gasteiger partial charge in [0.25, 0.3) is 0 Å². The number of halogens is 1. The number of phosphoric ester groups is 1. The van der Waals surface area contributed by atoms with Crippen molar-refractivity contribution in [2.24, 2.45) is 0 Å². The molecule has 0 saturated carbocycles. The second-order valence-corrected chi connectivity index (χ2v) is 34.0. The van der Waals surface area contributed by atoms with Gasteiger partial charge >= 0.3 is 44.3 Å². The summed E-state index contributed by atoms with van der Waals surface area (Å²) in [6.45, 7) is 14.3. The smallest absolute Gasteiger partial charge is 1.00 e. The van der Waals surface area contributed by atoms with Crippen molar-refractivity contribution in [2.75, 3.05) is 13.2 Å². The van der Waals surface area contributed by atoms with Crippen LogP contribution in [0.5, 0.6) is 0 Å². The number of hydrogen-bond donors (Lipinski definition) is 1. The van der Waals surface area contributed by atoms with E-state index in [1.165, 1.54) is 23.5 Å². The van der Waals surface area contributed by atoms with Crippen LogP contribution in [0.25, 0.3) is 0 Å². The van der Waals surface area contributed by atoms with Gasteiger partial charge in [0.2, 0.25) is 0 Å². The molecule has 0 amide bonds. The van der Waals surface area contributed by atoms with Gasteiger partial charge in [-0.3, -0.25) is 22.6 Å². The Labute approximate surface area is 639 Å². The SMILES string of the molecule is CC1(C)CC(C)(C)OP(=O)(Cl)O1.CC1(C)CC(C)(C)OP(=O)(OC2C(Sc3ccccc3)OC(COCc3ccccc3)C(OCc3ccccc3)C2OCc2ccccc2)O1.OC1C(Sc2ccccc2)OC(COCc2ccccc2)C(OCc2ccccc2)C1OCc1ccccc1.[H-].[Na+]. The zero-order valence-electron chi connectivity index (χ0n) is 60.6. The molecule has 10 atom stereocenters. The average Bonchev–Trinajstić information content (AvgIpc) is 0.764. The van der Waals surface area contributed by atoms with Crippen LogP contribution in [0.15, 0.2) is 252 Å². The Hall–Kier alpha value is -4.35. The molecule has 4 aliphatic rings. The molecule has 0 bridgehead atoms. The van der Waals surface area contributed by atoms with E-state index in [1.54, 1.807) is 0 Å². The Balaban J connectivity index is 0.000000225. The van der Waals surface area contributed by atoms with E-state index >= 15 is 0 Å². The molecule has 12 rings (SSSR count). The zero-order chi connectivity index (χ0) is 71.4. The van der Waals surface area contributed by atoms with E-state index in [0.717, 1.165) is 43.2 Å². The molecule has 8 aromatic carbocycles. The van der Waals surface area contributed by atoms with Crippen molar-refractivity contribution in [3.05, 3.63) is 276 Å². The minimum absolute atomic E-state index is 0. The van der Waals surface area contributed by atoms with Crippen LogP contribution in [-0.4, -0.2) is 100 Å². The maximum Gasteiger partial charge on any atom is 1.00 e. The second-order valence-electron chi connectivity index (χ2n) is 27.7. The van der Waals surface area contributed by atoms with Crippen molar-refractivity contribution in [1.29, 1.82) is 0 Å². The summed E-state index contributed by atoms with van der Waals surface area (Å²) >= 11 is 8.50. The molecule has 542 valence electrons. The molecular weight excluding hydrogens is 1400 g/mol. The first kappa shape index (κ1) is 81.7. The third-order valence-electron chi connectivity index (χ3n) is 16.5. The number of rotatable bonds is 26. The van der Waals surface area contributed by atoms with Gasteiger partial charge in [0.05, 0.1) is 75.3 Å². The predicted octanol–water partition coefficient (Wildman–Crippen LogP) is 16.1. The molecular formula is C80H96ClNaO16P2S2. The fourth-order valence-corrected chi connectivity index (χ4v) is 19.5. The van der Waals surface area contributed by atoms with Gasteiger partial charge in [0.15, 0.2) is 0 Å². The van der Waals surface area contributed by atoms with Gasteiger partial charge in [0.1, 0.15) is 59.7 Å². The molecule has 22 heteroatoms. The maximum absolute atomic E-state index is 14.6. The fraction of sp³-hybridized carbons (Fsp3) is 0.400. The van der Waals surface area contributed by atoms with Crippen LogP contribution in [-0.2, 0) is 109 Å². The van der Waals surface area contributed by atoms with Crippen molar-refractivity contribution >= 4 is 49.5 Å². The molecule has 16 nitrogen and oxygen atoms in total. The van der Waals surface area contributed by atoms with Crippen LogP contribution >= 0.6 is 49.5 Å². The summed E-state index contributed by atoms with van der Waals surface area (Å²) in [5.41, 5.74) is 2.48. The first-order valence-electron chi connectivity index (χ1n) is 34.1. The molecule has 4 aliphatic heterocycles. The first-order chi connectivity index (χ1) is 48.4. The van der Waals surface area contributed by atoms with Crippen LogP contribution in [0.4, 0.5) is 0 Å². The summed E-state index contributed by atoms with van der Waals surface area (Å²) in [7, 11) is -4.14. The van der Waals surface area contributed by atoms with Gasteiger partial charge < -0.3 is 44.4 Å². The van der Waals surface area contributed by atoms with E-state index in [4.69, 9.17) is 71.8 Å². The molecule has 1 N–H and O–H groups in total. The van der Waals surface area contributed by atoms with Gasteiger partial charge in [-0.05, 0) is 113 Å². The average molecular weight is 1500 g/mol. The van der Waals surface area contributed by atoms with Gasteiger partial charge in [-0.2, -0.15) is 0 Å². The zero-order valence-corrected chi connectivity index (χ0v) is 65.8. The van der Waals surface area contributed by atoms with E-state index < -0.39 is 96.9 Å². The fourth-order valence-electron chi connectivity index (χ4n) is 12.8. The van der Waals surface area contributed by atoms with Crippen LogP contribution < -0.4 is 29.6 Å². The normalized spacial score (nSPS) is 25.0. The Morgan fingerprint density at radius 2 is 0.667 bits per heavy atom. The topological polar surface area (TPSA) is 174 Å². The number of benzene rings is 8. The van der Waals surface area contributed by atoms with E-state index in [-0.39, 0.29) is 44.2 Å². The Morgan fingerprint density at radius 3 is 1.01 bits per heavy atom. The van der Waals surface area contributed by atoms with Crippen molar-refractivity contribution in [2.45, 2.75) is 200 Å². The van der Waals surface area contributed by atoms with E-state index in [9.17, 15) is 14.2 Å². The molecule has 4 fully saturated rings. The monoisotopic (exact) mass is 1500 g/mol. The molecule has 4 heterocycles. The maximum atomic E-state index is 14.6.